The fourth-order valence-electron chi connectivity index (χ4n) is 9.53. The molecular formula is C47H51NO14. The van der Waals surface area contributed by atoms with Gasteiger partial charge in [0.15, 0.2) is 18.0 Å². The number of rotatable bonds is 12. The monoisotopic (exact) mass is 853 g/mol. The number of carbonyl (C=O) groups excluding carboxylic acids is 6. The van der Waals surface area contributed by atoms with Gasteiger partial charge in [0.05, 0.1) is 34.6 Å². The number of carbonyl (C=O) groups is 6. The molecule has 0 heterocycles. The van der Waals surface area contributed by atoms with Gasteiger partial charge in [-0.05, 0) is 61.7 Å². The third-order valence-corrected chi connectivity index (χ3v) is 12.7. The molecule has 0 spiro atoms. The first-order valence-corrected chi connectivity index (χ1v) is 20.1. The van der Waals surface area contributed by atoms with Crippen LogP contribution in [0.2, 0.25) is 0 Å². The lowest BCUT2D eigenvalue weighted by Gasteiger charge is -2.57. The molecule has 0 saturated heterocycles. The Bertz CT molecular complexity index is 2260. The molecule has 328 valence electrons. The van der Waals surface area contributed by atoms with Crippen LogP contribution >= 0.6 is 0 Å². The summed E-state index contributed by atoms with van der Waals surface area (Å²) in [6.07, 6.45) is -11.7. The topological polar surface area (TPSA) is 232 Å². The largest absolute Gasteiger partial charge is 0.463 e. The number of fused-ring (bicyclic) bond motifs is 2. The van der Waals surface area contributed by atoms with Crippen molar-refractivity contribution in [1.29, 1.82) is 0 Å². The first-order valence-electron chi connectivity index (χ1n) is 20.1. The third-order valence-electron chi connectivity index (χ3n) is 12.7. The molecule has 0 aliphatic heterocycles. The molecule has 0 unspecified atom stereocenters. The molecule has 3 aliphatic rings. The van der Waals surface area contributed by atoms with Gasteiger partial charge in [-0.15, -0.1) is 0 Å². The number of ketones is 1. The zero-order valence-corrected chi connectivity index (χ0v) is 35.0. The SMILES string of the molecule is C=C(C)[C@@]12C[C@H](OC(=O)[C@H](O)[C@@H](NC(=O)c3ccccc3)c3ccccc3)C(C)=C1[C@@H](OC(C)=O)C(=O)[C@@]1(C)[C@H]([C@@H]2OC(=O)c2ccccc2)[C@](O)(COC(C)=O)[C@@H](O)C[C@@H]1O. The summed E-state index contributed by atoms with van der Waals surface area (Å²) in [5, 5.41) is 50.7. The summed E-state index contributed by atoms with van der Waals surface area (Å²) in [6.45, 7) is 9.75. The van der Waals surface area contributed by atoms with Crippen LogP contribution in [-0.4, -0.2) is 105 Å². The molecule has 2 saturated carbocycles. The minimum Gasteiger partial charge on any atom is -0.463 e. The van der Waals surface area contributed by atoms with E-state index < -0.39 is 120 Å². The maximum Gasteiger partial charge on any atom is 0.338 e. The molecule has 3 aliphatic carbocycles. The number of hydrogen-bond donors (Lipinski definition) is 5. The van der Waals surface area contributed by atoms with Gasteiger partial charge in [0, 0.05) is 38.2 Å². The highest BCUT2D eigenvalue weighted by molar-refractivity contribution is 5.97. The van der Waals surface area contributed by atoms with E-state index in [0.717, 1.165) is 13.8 Å². The van der Waals surface area contributed by atoms with E-state index in [2.05, 4.69) is 11.9 Å². The van der Waals surface area contributed by atoms with Crippen LogP contribution in [-0.2, 0) is 38.1 Å². The van der Waals surface area contributed by atoms with E-state index in [1.165, 1.54) is 32.9 Å². The summed E-state index contributed by atoms with van der Waals surface area (Å²) >= 11 is 0. The molecule has 15 nitrogen and oxygen atoms in total. The molecule has 6 rings (SSSR count). The van der Waals surface area contributed by atoms with E-state index in [4.69, 9.17) is 18.9 Å². The van der Waals surface area contributed by atoms with Crippen LogP contribution < -0.4 is 5.32 Å². The Balaban J connectivity index is 1.52. The van der Waals surface area contributed by atoms with Gasteiger partial charge in [0.2, 0.25) is 0 Å². The maximum atomic E-state index is 15.3. The molecule has 3 aromatic rings. The van der Waals surface area contributed by atoms with Gasteiger partial charge in [-0.1, -0.05) is 78.9 Å². The molecular weight excluding hydrogens is 803 g/mol. The van der Waals surface area contributed by atoms with E-state index in [-0.39, 0.29) is 27.8 Å². The number of amides is 1. The Kier molecular flexibility index (Phi) is 13.0. The van der Waals surface area contributed by atoms with Gasteiger partial charge in [-0.2, -0.15) is 0 Å². The van der Waals surface area contributed by atoms with E-state index in [1.54, 1.807) is 78.9 Å². The minimum atomic E-state index is -2.62. The van der Waals surface area contributed by atoms with Gasteiger partial charge in [-0.25, -0.2) is 9.59 Å². The Morgan fingerprint density at radius 3 is 1.94 bits per heavy atom. The number of nitrogens with one attached hydrogen (secondary N) is 1. The summed E-state index contributed by atoms with van der Waals surface area (Å²) in [6, 6.07) is 22.8. The number of aliphatic hydroxyl groups is 4. The van der Waals surface area contributed by atoms with Gasteiger partial charge in [-0.3, -0.25) is 19.2 Å². The maximum absolute atomic E-state index is 15.3. The number of benzene rings is 3. The Morgan fingerprint density at radius 1 is 0.823 bits per heavy atom. The van der Waals surface area contributed by atoms with Gasteiger partial charge < -0.3 is 44.7 Å². The molecule has 1 amide bonds. The third kappa shape index (κ3) is 8.08. The first kappa shape index (κ1) is 45.5. The number of Topliss-reactive ketones (excluding diaryl/α,β-unsaturated/α-hetero) is 1. The average Bonchev–Trinajstić information content (AvgIpc) is 3.51. The summed E-state index contributed by atoms with van der Waals surface area (Å²) < 4.78 is 23.6. The second-order valence-corrected chi connectivity index (χ2v) is 16.5. The average molecular weight is 854 g/mol. The summed E-state index contributed by atoms with van der Waals surface area (Å²) in [5.74, 6) is -7.36. The van der Waals surface area contributed by atoms with Crippen LogP contribution in [0.15, 0.2) is 114 Å². The number of hydrogen-bond acceptors (Lipinski definition) is 14. The molecule has 2 fully saturated rings. The molecule has 15 heteroatoms. The molecule has 0 radical (unpaired) electrons. The fraction of sp³-hybridized carbons (Fsp3) is 0.404. The Hall–Kier alpha value is -6.00. The predicted molar refractivity (Wildman–Crippen MR) is 220 cm³/mol. The van der Waals surface area contributed by atoms with Crippen molar-refractivity contribution in [3.63, 3.8) is 0 Å². The number of aliphatic hydroxyl groups excluding tert-OH is 3. The lowest BCUT2D eigenvalue weighted by atomic mass is 9.52. The minimum absolute atomic E-state index is 0.0347. The standard InChI is InChI=1S/C47H51NO14/c1-25(2)46-23-32(61-44(57)37(53)36(29-16-10-7-11-17-29)48-42(55)30-18-12-8-13-19-30)26(3)35(46)38(60-28(5)50)40(54)45(6)33(51)22-34(52)47(58,24-59-27(4)49)39(45)41(46)62-43(56)31-20-14-9-15-21-31/h7-21,32-34,36-39,41,51-53,58H,1,22-24H2,2-6H3,(H,48,55)/t32-,33-,34-,36-,37+,38+,39-,41-,45+,46-,47-/m0/s1. The molecule has 11 atom stereocenters. The van der Waals surface area contributed by atoms with Gasteiger partial charge in [0.25, 0.3) is 5.91 Å². The van der Waals surface area contributed by atoms with Gasteiger partial charge in [0.1, 0.15) is 24.4 Å². The van der Waals surface area contributed by atoms with E-state index in [9.17, 15) is 44.4 Å². The highest BCUT2D eigenvalue weighted by Crippen LogP contribution is 2.64. The van der Waals surface area contributed by atoms with E-state index >= 15 is 4.79 Å². The number of ether oxygens (including phenoxy) is 4. The fourth-order valence-corrected chi connectivity index (χ4v) is 9.53. The van der Waals surface area contributed by atoms with Gasteiger partial charge >= 0.3 is 23.9 Å². The van der Waals surface area contributed by atoms with Crippen LogP contribution in [0.4, 0.5) is 0 Å². The highest BCUT2D eigenvalue weighted by atomic mass is 16.6. The lowest BCUT2D eigenvalue weighted by Crippen LogP contribution is -2.71. The lowest BCUT2D eigenvalue weighted by molar-refractivity contribution is -0.255. The Labute approximate surface area is 358 Å². The molecule has 0 aromatic heterocycles. The second-order valence-electron chi connectivity index (χ2n) is 16.5. The summed E-state index contributed by atoms with van der Waals surface area (Å²) in [7, 11) is 0. The quantitative estimate of drug-likeness (QED) is 0.0998. The molecule has 0 bridgehead atoms. The van der Waals surface area contributed by atoms with Crippen molar-refractivity contribution in [3.8, 4) is 0 Å². The van der Waals surface area contributed by atoms with Crippen molar-refractivity contribution in [2.45, 2.75) is 95.7 Å². The van der Waals surface area contributed by atoms with Crippen molar-refractivity contribution >= 4 is 35.6 Å². The summed E-state index contributed by atoms with van der Waals surface area (Å²) in [4.78, 5) is 82.5. The zero-order chi connectivity index (χ0) is 45.3. The number of esters is 4. The normalized spacial score (nSPS) is 30.0. The van der Waals surface area contributed by atoms with Crippen molar-refractivity contribution in [2.24, 2.45) is 16.7 Å². The van der Waals surface area contributed by atoms with Crippen molar-refractivity contribution in [3.05, 3.63) is 131 Å². The Morgan fingerprint density at radius 2 is 1.39 bits per heavy atom. The summed E-state index contributed by atoms with van der Waals surface area (Å²) in [5.41, 5.74) is -5.81. The van der Waals surface area contributed by atoms with Crippen LogP contribution in [0.25, 0.3) is 0 Å². The molecule has 5 N–H and O–H groups in total. The van der Waals surface area contributed by atoms with Crippen molar-refractivity contribution in [1.82, 2.24) is 5.32 Å². The van der Waals surface area contributed by atoms with Crippen molar-refractivity contribution in [2.75, 3.05) is 6.61 Å². The smallest absolute Gasteiger partial charge is 0.338 e. The predicted octanol–water partition coefficient (Wildman–Crippen LogP) is 3.50. The van der Waals surface area contributed by atoms with Crippen molar-refractivity contribution < 1.29 is 68.1 Å². The molecule has 3 aromatic carbocycles. The van der Waals surface area contributed by atoms with Crippen LogP contribution in [0.3, 0.4) is 0 Å². The second kappa shape index (κ2) is 17.8. The van der Waals surface area contributed by atoms with E-state index in [0.29, 0.717) is 5.56 Å². The van der Waals surface area contributed by atoms with Crippen LogP contribution in [0.1, 0.15) is 79.8 Å². The zero-order valence-electron chi connectivity index (χ0n) is 35.0. The first-order chi connectivity index (χ1) is 29.3. The molecule has 62 heavy (non-hydrogen) atoms. The highest BCUT2D eigenvalue weighted by Gasteiger charge is 2.74. The van der Waals surface area contributed by atoms with Crippen LogP contribution in [0, 0.1) is 16.7 Å². The van der Waals surface area contributed by atoms with E-state index in [1.807, 2.05) is 0 Å². The van der Waals surface area contributed by atoms with Crippen LogP contribution in [0.5, 0.6) is 0 Å².